The second-order valence-electron chi connectivity index (χ2n) is 5.52. The minimum Gasteiger partial charge on any atom is -0.299 e. The number of piperidine rings is 1. The van der Waals surface area contributed by atoms with Crippen molar-refractivity contribution in [3.05, 3.63) is 10.6 Å². The van der Waals surface area contributed by atoms with Crippen LogP contribution in [0.5, 0.6) is 0 Å². The number of aromatic amines is 1. The van der Waals surface area contributed by atoms with Crippen LogP contribution in [0, 0.1) is 4.77 Å². The highest BCUT2D eigenvalue weighted by Gasteiger charge is 2.37. The molecule has 0 spiro atoms. The molecule has 5 heteroatoms. The van der Waals surface area contributed by atoms with Crippen molar-refractivity contribution in [3.8, 4) is 0 Å². The zero-order valence-electron chi connectivity index (χ0n) is 11.1. The molecule has 2 aliphatic rings. The Morgan fingerprint density at radius 1 is 1.28 bits per heavy atom. The highest BCUT2D eigenvalue weighted by atomic mass is 32.1. The van der Waals surface area contributed by atoms with Gasteiger partial charge in [0.05, 0.1) is 6.04 Å². The van der Waals surface area contributed by atoms with Crippen LogP contribution < -0.4 is 0 Å². The van der Waals surface area contributed by atoms with E-state index in [1.807, 2.05) is 0 Å². The second-order valence-corrected chi connectivity index (χ2v) is 5.91. The number of nitrogens with zero attached hydrogens (tertiary/aromatic N) is 3. The minimum atomic E-state index is 0.554. The lowest BCUT2D eigenvalue weighted by Crippen LogP contribution is -2.38. The van der Waals surface area contributed by atoms with Gasteiger partial charge in [-0.2, -0.15) is 5.10 Å². The zero-order chi connectivity index (χ0) is 12.5. The van der Waals surface area contributed by atoms with Crippen molar-refractivity contribution >= 4 is 12.2 Å². The van der Waals surface area contributed by atoms with Gasteiger partial charge in [-0.1, -0.05) is 13.3 Å². The molecule has 18 heavy (non-hydrogen) atoms. The Hall–Kier alpha value is -0.680. The Kier molecular flexibility index (Phi) is 3.52. The van der Waals surface area contributed by atoms with Crippen molar-refractivity contribution in [2.75, 3.05) is 13.1 Å². The summed E-state index contributed by atoms with van der Waals surface area (Å²) in [5.41, 5.74) is 0. The van der Waals surface area contributed by atoms with E-state index < -0.39 is 0 Å². The summed E-state index contributed by atoms with van der Waals surface area (Å²) in [5, 5.41) is 7.41. The first-order valence-electron chi connectivity index (χ1n) is 7.21. The largest absolute Gasteiger partial charge is 0.299 e. The molecule has 2 unspecified atom stereocenters. The molecule has 2 saturated heterocycles. The van der Waals surface area contributed by atoms with Crippen LogP contribution in [0.3, 0.4) is 0 Å². The smallest absolute Gasteiger partial charge is 0.195 e. The fourth-order valence-corrected chi connectivity index (χ4v) is 3.89. The number of aromatic nitrogens is 3. The van der Waals surface area contributed by atoms with Crippen molar-refractivity contribution < 1.29 is 0 Å². The average Bonchev–Trinajstić information content (AvgIpc) is 2.94. The standard InChI is InChI=1S/C13H22N4S/c1-2-5-12-14-15-13(18)17(12)11-7-9-16-8-4-3-6-10(11)16/h10-11H,2-9H2,1H3,(H,15,18). The van der Waals surface area contributed by atoms with Crippen LogP contribution in [0.1, 0.15) is 50.9 Å². The molecule has 2 aliphatic heterocycles. The highest BCUT2D eigenvalue weighted by molar-refractivity contribution is 7.71. The second kappa shape index (κ2) is 5.13. The molecular formula is C13H22N4S. The predicted molar refractivity (Wildman–Crippen MR) is 74.3 cm³/mol. The molecule has 2 fully saturated rings. The van der Waals surface area contributed by atoms with Gasteiger partial charge in [0.2, 0.25) is 0 Å². The average molecular weight is 266 g/mol. The van der Waals surface area contributed by atoms with E-state index >= 15 is 0 Å². The minimum absolute atomic E-state index is 0.554. The number of H-pyrrole nitrogens is 1. The van der Waals surface area contributed by atoms with Crippen LogP contribution >= 0.6 is 12.2 Å². The van der Waals surface area contributed by atoms with Crippen LogP contribution in [0.2, 0.25) is 0 Å². The van der Waals surface area contributed by atoms with Gasteiger partial charge in [0.15, 0.2) is 4.77 Å². The third kappa shape index (κ3) is 2.03. The SMILES string of the molecule is CCCc1n[nH]c(=S)n1C1CCN2CCCCC12. The number of fused-ring (bicyclic) bond motifs is 1. The van der Waals surface area contributed by atoms with Crippen LogP contribution in [-0.4, -0.2) is 38.8 Å². The highest BCUT2D eigenvalue weighted by Crippen LogP contribution is 2.35. The maximum atomic E-state index is 5.44. The molecule has 0 aromatic carbocycles. The summed E-state index contributed by atoms with van der Waals surface area (Å²) in [7, 11) is 0. The van der Waals surface area contributed by atoms with Crippen molar-refractivity contribution in [2.45, 2.75) is 57.5 Å². The summed E-state index contributed by atoms with van der Waals surface area (Å²) in [5.74, 6) is 1.15. The Labute approximate surface area is 113 Å². The van der Waals surface area contributed by atoms with E-state index in [-0.39, 0.29) is 0 Å². The van der Waals surface area contributed by atoms with Gasteiger partial charge >= 0.3 is 0 Å². The number of hydrogen-bond donors (Lipinski definition) is 1. The number of aryl methyl sites for hydroxylation is 1. The number of nitrogens with one attached hydrogen (secondary N) is 1. The first-order valence-corrected chi connectivity index (χ1v) is 7.62. The van der Waals surface area contributed by atoms with Crippen LogP contribution in [-0.2, 0) is 6.42 Å². The molecule has 0 aliphatic carbocycles. The summed E-state index contributed by atoms with van der Waals surface area (Å²) in [6.45, 7) is 4.70. The molecule has 1 aromatic rings. The fraction of sp³-hybridized carbons (Fsp3) is 0.846. The molecule has 0 amide bonds. The molecule has 3 rings (SSSR count). The molecule has 0 bridgehead atoms. The Morgan fingerprint density at radius 2 is 2.17 bits per heavy atom. The van der Waals surface area contributed by atoms with E-state index in [1.165, 1.54) is 38.8 Å². The fourth-order valence-electron chi connectivity index (χ4n) is 3.60. The first kappa shape index (κ1) is 12.4. The normalized spacial score (nSPS) is 28.5. The van der Waals surface area contributed by atoms with Gasteiger partial charge in [0.25, 0.3) is 0 Å². The Bertz CT molecular complexity index is 464. The summed E-state index contributed by atoms with van der Waals surface area (Å²) in [4.78, 5) is 2.65. The molecule has 2 atom stereocenters. The predicted octanol–water partition coefficient (Wildman–Crippen LogP) is 2.69. The van der Waals surface area contributed by atoms with E-state index in [4.69, 9.17) is 12.2 Å². The van der Waals surface area contributed by atoms with E-state index in [0.29, 0.717) is 12.1 Å². The third-order valence-electron chi connectivity index (χ3n) is 4.40. The Balaban J connectivity index is 1.90. The van der Waals surface area contributed by atoms with Gasteiger partial charge in [-0.25, -0.2) is 0 Å². The van der Waals surface area contributed by atoms with Gasteiger partial charge < -0.3 is 0 Å². The summed E-state index contributed by atoms with van der Waals surface area (Å²) in [6, 6.07) is 1.25. The summed E-state index contributed by atoms with van der Waals surface area (Å²) < 4.78 is 3.13. The number of hydrogen-bond acceptors (Lipinski definition) is 3. The Morgan fingerprint density at radius 3 is 3.00 bits per heavy atom. The third-order valence-corrected chi connectivity index (χ3v) is 4.69. The van der Waals surface area contributed by atoms with Crippen LogP contribution in [0.25, 0.3) is 0 Å². The number of rotatable bonds is 3. The maximum Gasteiger partial charge on any atom is 0.195 e. The maximum absolute atomic E-state index is 5.44. The van der Waals surface area contributed by atoms with Gasteiger partial charge in [-0.15, -0.1) is 0 Å². The molecule has 3 heterocycles. The van der Waals surface area contributed by atoms with Gasteiger partial charge in [0.1, 0.15) is 5.82 Å². The summed E-state index contributed by atoms with van der Waals surface area (Å²) in [6.07, 6.45) is 7.43. The molecule has 100 valence electrons. The van der Waals surface area contributed by atoms with E-state index in [2.05, 4.69) is 26.6 Å². The zero-order valence-corrected chi connectivity index (χ0v) is 11.9. The molecule has 4 nitrogen and oxygen atoms in total. The van der Waals surface area contributed by atoms with Crippen molar-refractivity contribution in [1.82, 2.24) is 19.7 Å². The topological polar surface area (TPSA) is 36.9 Å². The molecular weight excluding hydrogens is 244 g/mol. The lowest BCUT2D eigenvalue weighted by atomic mass is 9.99. The van der Waals surface area contributed by atoms with E-state index in [9.17, 15) is 0 Å². The van der Waals surface area contributed by atoms with Crippen molar-refractivity contribution in [2.24, 2.45) is 0 Å². The van der Waals surface area contributed by atoms with Gasteiger partial charge in [-0.05, 0) is 44.4 Å². The van der Waals surface area contributed by atoms with E-state index in [1.54, 1.807) is 0 Å². The molecule has 0 saturated carbocycles. The van der Waals surface area contributed by atoms with E-state index in [0.717, 1.165) is 23.4 Å². The van der Waals surface area contributed by atoms with Crippen LogP contribution in [0.15, 0.2) is 0 Å². The lowest BCUT2D eigenvalue weighted by Gasteiger charge is -2.33. The van der Waals surface area contributed by atoms with Crippen molar-refractivity contribution in [3.63, 3.8) is 0 Å². The van der Waals surface area contributed by atoms with Crippen molar-refractivity contribution in [1.29, 1.82) is 0 Å². The van der Waals surface area contributed by atoms with Gasteiger partial charge in [0, 0.05) is 19.0 Å². The monoisotopic (exact) mass is 266 g/mol. The lowest BCUT2D eigenvalue weighted by molar-refractivity contribution is 0.172. The van der Waals surface area contributed by atoms with Crippen LogP contribution in [0.4, 0.5) is 0 Å². The molecule has 1 N–H and O–H groups in total. The summed E-state index contributed by atoms with van der Waals surface area (Å²) >= 11 is 5.44. The molecule has 0 radical (unpaired) electrons. The van der Waals surface area contributed by atoms with Gasteiger partial charge in [-0.3, -0.25) is 14.6 Å². The quantitative estimate of drug-likeness (QED) is 0.855. The first-order chi connectivity index (χ1) is 8.81. The molecule has 1 aromatic heterocycles.